The number of aryl methyl sites for hydroxylation is 1. The highest BCUT2D eigenvalue weighted by Gasteiger charge is 2.29. The number of nitrogens with zero attached hydrogens (tertiary/aromatic N) is 1. The van der Waals surface area contributed by atoms with Crippen molar-refractivity contribution in [1.82, 2.24) is 0 Å². The van der Waals surface area contributed by atoms with Crippen LogP contribution in [-0.2, 0) is 11.2 Å². The van der Waals surface area contributed by atoms with Crippen molar-refractivity contribution in [2.45, 2.75) is 19.4 Å². The first-order valence-corrected chi connectivity index (χ1v) is 6.60. The standard InChI is InChI=1S/C16H13NO4/c1-10-4-2-3-5-13(10)15-8-11-6-7-12(17(19)20)9-14(11)16(18)21-15/h2-7,9,15H,8H2,1H3. The van der Waals surface area contributed by atoms with Gasteiger partial charge in [0.05, 0.1) is 10.5 Å². The summed E-state index contributed by atoms with van der Waals surface area (Å²) >= 11 is 0. The average molecular weight is 283 g/mol. The number of non-ortho nitro benzene ring substituents is 1. The van der Waals surface area contributed by atoms with Crippen LogP contribution < -0.4 is 0 Å². The van der Waals surface area contributed by atoms with Gasteiger partial charge in [-0.3, -0.25) is 10.1 Å². The molecule has 0 saturated carbocycles. The molecule has 0 radical (unpaired) electrons. The van der Waals surface area contributed by atoms with Gasteiger partial charge in [-0.15, -0.1) is 0 Å². The Bertz CT molecular complexity index is 739. The van der Waals surface area contributed by atoms with Gasteiger partial charge in [-0.05, 0) is 23.6 Å². The number of rotatable bonds is 2. The Balaban J connectivity index is 1.98. The number of carbonyl (C=O) groups excluding carboxylic acids is 1. The van der Waals surface area contributed by atoms with E-state index in [0.29, 0.717) is 6.42 Å². The fourth-order valence-electron chi connectivity index (χ4n) is 2.60. The summed E-state index contributed by atoms with van der Waals surface area (Å²) in [4.78, 5) is 22.4. The summed E-state index contributed by atoms with van der Waals surface area (Å²) in [5.41, 5.74) is 3.00. The molecule has 2 aromatic rings. The third-order valence-corrected chi connectivity index (χ3v) is 3.71. The second-order valence-corrected chi connectivity index (χ2v) is 5.05. The van der Waals surface area contributed by atoms with Crippen LogP contribution >= 0.6 is 0 Å². The number of benzene rings is 2. The molecule has 5 nitrogen and oxygen atoms in total. The Morgan fingerprint density at radius 3 is 2.71 bits per heavy atom. The van der Waals surface area contributed by atoms with Crippen molar-refractivity contribution >= 4 is 11.7 Å². The maximum absolute atomic E-state index is 12.1. The monoisotopic (exact) mass is 283 g/mol. The average Bonchev–Trinajstić information content (AvgIpc) is 2.47. The van der Waals surface area contributed by atoms with Crippen molar-refractivity contribution in [2.75, 3.05) is 0 Å². The normalized spacial score (nSPS) is 17.0. The fraction of sp³-hybridized carbons (Fsp3) is 0.188. The first-order chi connectivity index (χ1) is 10.1. The largest absolute Gasteiger partial charge is 0.454 e. The van der Waals surface area contributed by atoms with E-state index in [-0.39, 0.29) is 17.4 Å². The summed E-state index contributed by atoms with van der Waals surface area (Å²) in [5, 5.41) is 10.8. The molecular weight excluding hydrogens is 270 g/mol. The van der Waals surface area contributed by atoms with E-state index in [1.165, 1.54) is 12.1 Å². The van der Waals surface area contributed by atoms with Crippen LogP contribution in [0, 0.1) is 17.0 Å². The molecule has 3 rings (SSSR count). The SMILES string of the molecule is Cc1ccccc1C1Cc2ccc([N+](=O)[O-])cc2C(=O)O1. The molecule has 0 saturated heterocycles. The quantitative estimate of drug-likeness (QED) is 0.481. The first-order valence-electron chi connectivity index (χ1n) is 6.60. The fourth-order valence-corrected chi connectivity index (χ4v) is 2.60. The second kappa shape index (κ2) is 5.01. The number of hydrogen-bond acceptors (Lipinski definition) is 4. The molecule has 0 N–H and O–H groups in total. The molecule has 5 heteroatoms. The van der Waals surface area contributed by atoms with E-state index < -0.39 is 10.9 Å². The van der Waals surface area contributed by atoms with Gasteiger partial charge < -0.3 is 4.74 Å². The van der Waals surface area contributed by atoms with Gasteiger partial charge in [0, 0.05) is 18.6 Å². The minimum Gasteiger partial charge on any atom is -0.454 e. The number of ether oxygens (including phenoxy) is 1. The number of nitro groups is 1. The first kappa shape index (κ1) is 13.3. The van der Waals surface area contributed by atoms with Crippen molar-refractivity contribution < 1.29 is 14.5 Å². The lowest BCUT2D eigenvalue weighted by molar-refractivity contribution is -0.384. The molecule has 1 aliphatic heterocycles. The van der Waals surface area contributed by atoms with Crippen LogP contribution in [0.4, 0.5) is 5.69 Å². The van der Waals surface area contributed by atoms with Crippen LogP contribution in [-0.4, -0.2) is 10.9 Å². The van der Waals surface area contributed by atoms with E-state index in [1.54, 1.807) is 6.07 Å². The molecule has 0 aliphatic carbocycles. The number of cyclic esters (lactones) is 1. The molecule has 1 atom stereocenters. The van der Waals surface area contributed by atoms with Crippen LogP contribution in [0.5, 0.6) is 0 Å². The molecule has 1 unspecified atom stereocenters. The Morgan fingerprint density at radius 2 is 2.00 bits per heavy atom. The van der Waals surface area contributed by atoms with Crippen LogP contribution in [0.3, 0.4) is 0 Å². The molecule has 21 heavy (non-hydrogen) atoms. The summed E-state index contributed by atoms with van der Waals surface area (Å²) in [6, 6.07) is 12.1. The molecule has 106 valence electrons. The number of fused-ring (bicyclic) bond motifs is 1. The molecule has 1 aliphatic rings. The highest BCUT2D eigenvalue weighted by molar-refractivity contribution is 5.93. The van der Waals surface area contributed by atoms with Crippen molar-refractivity contribution in [2.24, 2.45) is 0 Å². The van der Waals surface area contributed by atoms with Crippen LogP contribution in [0.1, 0.15) is 33.2 Å². The maximum atomic E-state index is 12.1. The highest BCUT2D eigenvalue weighted by Crippen LogP contribution is 2.33. The van der Waals surface area contributed by atoms with Gasteiger partial charge in [-0.1, -0.05) is 30.3 Å². The number of esters is 1. The van der Waals surface area contributed by atoms with Crippen LogP contribution in [0.15, 0.2) is 42.5 Å². The molecule has 0 amide bonds. The number of hydrogen-bond donors (Lipinski definition) is 0. The summed E-state index contributed by atoms with van der Waals surface area (Å²) in [7, 11) is 0. The molecule has 2 aromatic carbocycles. The number of nitro benzene ring substituents is 1. The minimum absolute atomic E-state index is 0.0972. The Labute approximate surface area is 121 Å². The lowest BCUT2D eigenvalue weighted by Crippen LogP contribution is -2.22. The lowest BCUT2D eigenvalue weighted by Gasteiger charge is -2.25. The van der Waals surface area contributed by atoms with Gasteiger partial charge in [0.15, 0.2) is 0 Å². The molecule has 0 fully saturated rings. The van der Waals surface area contributed by atoms with E-state index >= 15 is 0 Å². The lowest BCUT2D eigenvalue weighted by atomic mass is 9.92. The number of carbonyl (C=O) groups is 1. The zero-order valence-corrected chi connectivity index (χ0v) is 11.4. The van der Waals surface area contributed by atoms with Gasteiger partial charge in [-0.25, -0.2) is 4.79 Å². The molecule has 0 bridgehead atoms. The van der Waals surface area contributed by atoms with Crippen LogP contribution in [0.25, 0.3) is 0 Å². The van der Waals surface area contributed by atoms with Crippen molar-refractivity contribution in [3.05, 3.63) is 74.8 Å². The zero-order chi connectivity index (χ0) is 15.0. The summed E-state index contributed by atoms with van der Waals surface area (Å²) in [6.45, 7) is 1.97. The molecule has 0 spiro atoms. The van der Waals surface area contributed by atoms with Gasteiger partial charge >= 0.3 is 5.97 Å². The third-order valence-electron chi connectivity index (χ3n) is 3.71. The van der Waals surface area contributed by atoms with Crippen LogP contribution in [0.2, 0.25) is 0 Å². The predicted molar refractivity (Wildman–Crippen MR) is 76.1 cm³/mol. The van der Waals surface area contributed by atoms with E-state index in [1.807, 2.05) is 31.2 Å². The maximum Gasteiger partial charge on any atom is 0.339 e. The zero-order valence-electron chi connectivity index (χ0n) is 11.4. The van der Waals surface area contributed by atoms with E-state index in [4.69, 9.17) is 4.74 Å². The van der Waals surface area contributed by atoms with Gasteiger partial charge in [0.1, 0.15) is 6.10 Å². The topological polar surface area (TPSA) is 69.4 Å². The summed E-state index contributed by atoms with van der Waals surface area (Å²) in [6.07, 6.45) is 0.192. The predicted octanol–water partition coefficient (Wildman–Crippen LogP) is 3.36. The van der Waals surface area contributed by atoms with Gasteiger partial charge in [0.2, 0.25) is 0 Å². The van der Waals surface area contributed by atoms with E-state index in [2.05, 4.69) is 0 Å². The highest BCUT2D eigenvalue weighted by atomic mass is 16.6. The van der Waals surface area contributed by atoms with Gasteiger partial charge in [-0.2, -0.15) is 0 Å². The third kappa shape index (κ3) is 2.38. The van der Waals surface area contributed by atoms with Crippen molar-refractivity contribution in [3.63, 3.8) is 0 Å². The second-order valence-electron chi connectivity index (χ2n) is 5.05. The Hall–Kier alpha value is -2.69. The smallest absolute Gasteiger partial charge is 0.339 e. The van der Waals surface area contributed by atoms with Crippen molar-refractivity contribution in [1.29, 1.82) is 0 Å². The summed E-state index contributed by atoms with van der Waals surface area (Å²) in [5.74, 6) is -0.506. The van der Waals surface area contributed by atoms with Crippen molar-refractivity contribution in [3.8, 4) is 0 Å². The Morgan fingerprint density at radius 1 is 1.24 bits per heavy atom. The molecule has 1 heterocycles. The Kier molecular flexibility index (Phi) is 3.17. The van der Waals surface area contributed by atoms with E-state index in [9.17, 15) is 14.9 Å². The molecule has 0 aromatic heterocycles. The minimum atomic E-state index is -0.513. The molecular formula is C16H13NO4. The van der Waals surface area contributed by atoms with E-state index in [0.717, 1.165) is 16.7 Å². The van der Waals surface area contributed by atoms with Gasteiger partial charge in [0.25, 0.3) is 5.69 Å². The summed E-state index contributed by atoms with van der Waals surface area (Å²) < 4.78 is 5.45.